The highest BCUT2D eigenvalue weighted by molar-refractivity contribution is 5.44. The Morgan fingerprint density at radius 3 is 2.35 bits per heavy atom. The van der Waals surface area contributed by atoms with Crippen LogP contribution in [0.5, 0.6) is 0 Å². The summed E-state index contributed by atoms with van der Waals surface area (Å²) in [6, 6.07) is 20.2. The average molecular weight is 302 g/mol. The molecule has 0 aliphatic rings. The first kappa shape index (κ1) is 16.8. The van der Waals surface area contributed by atoms with Crippen molar-refractivity contribution in [3.8, 4) is 11.8 Å². The van der Waals surface area contributed by atoms with Crippen LogP contribution >= 0.6 is 0 Å². The highest BCUT2D eigenvalue weighted by Gasteiger charge is 2.09. The lowest BCUT2D eigenvalue weighted by molar-refractivity contribution is 0.0647. The van der Waals surface area contributed by atoms with Gasteiger partial charge in [-0.3, -0.25) is 0 Å². The van der Waals surface area contributed by atoms with E-state index in [1.165, 1.54) is 5.56 Å². The van der Waals surface area contributed by atoms with Crippen molar-refractivity contribution in [2.45, 2.75) is 19.4 Å². The zero-order chi connectivity index (χ0) is 16.3. The first-order valence-corrected chi connectivity index (χ1v) is 7.89. The highest BCUT2D eigenvalue weighted by atomic mass is 16.5. The smallest absolute Gasteiger partial charge is 0.0859 e. The molecule has 1 atom stereocenters. The second kappa shape index (κ2) is 9.46. The summed E-state index contributed by atoms with van der Waals surface area (Å²) in [5.41, 5.74) is 3.11. The second-order valence-corrected chi connectivity index (χ2v) is 5.07. The summed E-state index contributed by atoms with van der Waals surface area (Å²) < 4.78 is 5.86. The molecule has 0 aliphatic carbocycles. The van der Waals surface area contributed by atoms with Crippen molar-refractivity contribution in [1.29, 1.82) is 0 Å². The number of rotatable bonds is 6. The molecule has 0 heterocycles. The molecule has 0 saturated carbocycles. The minimum absolute atomic E-state index is 0.0506. The Bertz CT molecular complexity index is 687. The first-order valence-electron chi connectivity index (χ1n) is 7.89. The van der Waals surface area contributed by atoms with E-state index in [0.29, 0.717) is 6.61 Å². The predicted octanol–water partition coefficient (Wildman–Crippen LogP) is 5.32. The third-order valence-corrected chi connectivity index (χ3v) is 3.44. The van der Waals surface area contributed by atoms with Gasteiger partial charge >= 0.3 is 0 Å². The average Bonchev–Trinajstić information content (AvgIpc) is 2.62. The number of hydrogen-bond donors (Lipinski definition) is 0. The van der Waals surface area contributed by atoms with Crippen LogP contribution in [0.3, 0.4) is 0 Å². The van der Waals surface area contributed by atoms with Crippen LogP contribution in [-0.4, -0.2) is 6.61 Å². The van der Waals surface area contributed by atoms with Crippen molar-refractivity contribution >= 4 is 0 Å². The maximum atomic E-state index is 5.86. The van der Waals surface area contributed by atoms with Crippen molar-refractivity contribution in [2.75, 3.05) is 6.61 Å². The lowest BCUT2D eigenvalue weighted by atomic mass is 10.0. The summed E-state index contributed by atoms with van der Waals surface area (Å²) in [6.45, 7) is 6.56. The largest absolute Gasteiger partial charge is 0.373 e. The highest BCUT2D eigenvalue weighted by Crippen LogP contribution is 2.22. The van der Waals surface area contributed by atoms with Crippen LogP contribution in [0.4, 0.5) is 0 Å². The third-order valence-electron chi connectivity index (χ3n) is 3.44. The van der Waals surface area contributed by atoms with Crippen molar-refractivity contribution in [3.05, 3.63) is 96.1 Å². The van der Waals surface area contributed by atoms with E-state index >= 15 is 0 Å². The van der Waals surface area contributed by atoms with Gasteiger partial charge in [-0.05, 0) is 31.0 Å². The van der Waals surface area contributed by atoms with E-state index in [1.54, 1.807) is 6.08 Å². The molecule has 0 bridgehead atoms. The number of allylic oxidation sites excluding steroid dienone is 2. The standard InChI is InChI=1S/C22H22O/c1-3-19(15-16-20-11-7-5-8-12-20)17-18-22(23-4-2)21-13-9-6-10-14-21/h3,5-14,17,22H,1,4,18H2,2H3/b19-17+. The van der Waals surface area contributed by atoms with Crippen molar-refractivity contribution < 1.29 is 4.74 Å². The maximum absolute atomic E-state index is 5.86. The Hall–Kier alpha value is -2.56. The molecule has 116 valence electrons. The molecule has 2 aromatic carbocycles. The van der Waals surface area contributed by atoms with Crippen molar-refractivity contribution in [1.82, 2.24) is 0 Å². The van der Waals surface area contributed by atoms with Gasteiger partial charge in [-0.15, -0.1) is 0 Å². The molecule has 1 heteroatoms. The van der Waals surface area contributed by atoms with Crippen LogP contribution in [0.1, 0.15) is 30.6 Å². The zero-order valence-corrected chi connectivity index (χ0v) is 13.5. The van der Waals surface area contributed by atoms with Gasteiger partial charge in [-0.2, -0.15) is 0 Å². The van der Waals surface area contributed by atoms with E-state index in [0.717, 1.165) is 17.6 Å². The molecule has 2 aromatic rings. The van der Waals surface area contributed by atoms with Gasteiger partial charge in [0.05, 0.1) is 6.10 Å². The summed E-state index contributed by atoms with van der Waals surface area (Å²) >= 11 is 0. The van der Waals surface area contributed by atoms with Crippen LogP contribution in [0.2, 0.25) is 0 Å². The molecule has 0 aliphatic heterocycles. The first-order chi connectivity index (χ1) is 11.3. The van der Waals surface area contributed by atoms with Gasteiger partial charge in [0.15, 0.2) is 0 Å². The van der Waals surface area contributed by atoms with E-state index in [4.69, 9.17) is 4.74 Å². The summed E-state index contributed by atoms with van der Waals surface area (Å²) in [4.78, 5) is 0. The minimum atomic E-state index is 0.0506. The van der Waals surface area contributed by atoms with Gasteiger partial charge in [0.2, 0.25) is 0 Å². The van der Waals surface area contributed by atoms with E-state index in [9.17, 15) is 0 Å². The molecule has 1 nitrogen and oxygen atoms in total. The summed E-state index contributed by atoms with van der Waals surface area (Å²) in [7, 11) is 0. The minimum Gasteiger partial charge on any atom is -0.373 e. The fourth-order valence-electron chi connectivity index (χ4n) is 2.25. The summed E-state index contributed by atoms with van der Waals surface area (Å²) in [6.07, 6.45) is 4.72. The Labute approximate surface area is 139 Å². The molecule has 1 unspecified atom stereocenters. The molecular formula is C22H22O. The fraction of sp³-hybridized carbons (Fsp3) is 0.182. The van der Waals surface area contributed by atoms with Crippen molar-refractivity contribution in [2.24, 2.45) is 0 Å². The Morgan fingerprint density at radius 1 is 1.09 bits per heavy atom. The maximum Gasteiger partial charge on any atom is 0.0859 e. The monoisotopic (exact) mass is 302 g/mol. The second-order valence-electron chi connectivity index (χ2n) is 5.07. The Morgan fingerprint density at radius 2 is 1.74 bits per heavy atom. The molecule has 0 amide bonds. The van der Waals surface area contributed by atoms with Gasteiger partial charge in [0, 0.05) is 17.7 Å². The zero-order valence-electron chi connectivity index (χ0n) is 13.5. The van der Waals surface area contributed by atoms with Crippen LogP contribution in [0.15, 0.2) is 85.0 Å². The Balaban J connectivity index is 2.11. The fourth-order valence-corrected chi connectivity index (χ4v) is 2.25. The number of ether oxygens (including phenoxy) is 1. The quantitative estimate of drug-likeness (QED) is 0.518. The predicted molar refractivity (Wildman–Crippen MR) is 97.0 cm³/mol. The number of hydrogen-bond acceptors (Lipinski definition) is 1. The molecule has 0 fully saturated rings. The van der Waals surface area contributed by atoms with Gasteiger partial charge in [-0.1, -0.05) is 79.1 Å². The molecular weight excluding hydrogens is 280 g/mol. The molecule has 0 radical (unpaired) electrons. The molecule has 0 N–H and O–H groups in total. The van der Waals surface area contributed by atoms with Crippen LogP contribution < -0.4 is 0 Å². The SMILES string of the molecule is C=C/C(C#Cc1ccccc1)=C\CC(OCC)c1ccccc1. The van der Waals surface area contributed by atoms with Gasteiger partial charge in [-0.25, -0.2) is 0 Å². The molecule has 0 spiro atoms. The third kappa shape index (κ3) is 5.62. The van der Waals surface area contributed by atoms with E-state index < -0.39 is 0 Å². The van der Waals surface area contributed by atoms with E-state index in [1.807, 2.05) is 55.5 Å². The summed E-state index contributed by atoms with van der Waals surface area (Å²) in [5, 5.41) is 0. The molecule has 23 heavy (non-hydrogen) atoms. The van der Waals surface area contributed by atoms with Gasteiger partial charge < -0.3 is 4.74 Å². The van der Waals surface area contributed by atoms with Crippen LogP contribution in [0.25, 0.3) is 0 Å². The van der Waals surface area contributed by atoms with E-state index in [-0.39, 0.29) is 6.10 Å². The van der Waals surface area contributed by atoms with Crippen LogP contribution in [0, 0.1) is 11.8 Å². The Kier molecular flexibility index (Phi) is 6.91. The lowest BCUT2D eigenvalue weighted by Gasteiger charge is -2.15. The van der Waals surface area contributed by atoms with Gasteiger partial charge in [0.1, 0.15) is 0 Å². The molecule has 0 saturated heterocycles. The number of benzene rings is 2. The van der Waals surface area contributed by atoms with E-state index in [2.05, 4.69) is 36.6 Å². The lowest BCUT2D eigenvalue weighted by Crippen LogP contribution is -2.03. The van der Waals surface area contributed by atoms with Crippen molar-refractivity contribution in [3.63, 3.8) is 0 Å². The molecule has 2 rings (SSSR count). The van der Waals surface area contributed by atoms with Gasteiger partial charge in [0.25, 0.3) is 0 Å². The molecule has 0 aromatic heterocycles. The van der Waals surface area contributed by atoms with Crippen LogP contribution in [-0.2, 0) is 4.74 Å². The normalized spacial score (nSPS) is 12.1. The summed E-state index contributed by atoms with van der Waals surface area (Å²) in [5.74, 6) is 6.33. The topological polar surface area (TPSA) is 9.23 Å².